The van der Waals surface area contributed by atoms with Crippen LogP contribution in [0, 0.1) is 26.6 Å². The van der Waals surface area contributed by atoms with E-state index in [1.807, 2.05) is 92.7 Å². The molecular weight excluding hydrogens is 614 g/mol. The van der Waals surface area contributed by atoms with Crippen molar-refractivity contribution in [3.8, 4) is 11.1 Å². The number of carboxylic acid groups (broad SMARTS) is 1. The molecule has 0 fully saturated rings. The smallest absolute Gasteiger partial charge is 0.305 e. The first-order valence-electron chi connectivity index (χ1n) is 15.5. The number of rotatable bonds is 13. The summed E-state index contributed by atoms with van der Waals surface area (Å²) in [7, 11) is -5.73. The van der Waals surface area contributed by atoms with Gasteiger partial charge in [0.25, 0.3) is 8.32 Å². The third kappa shape index (κ3) is 8.40. The Bertz CT molecular complexity index is 1660. The van der Waals surface area contributed by atoms with Crippen molar-refractivity contribution in [3.05, 3.63) is 125 Å². The first-order chi connectivity index (χ1) is 21.8. The molecule has 0 saturated carbocycles. The molecule has 4 rings (SSSR count). The second-order valence-electron chi connectivity index (χ2n) is 12.8. The van der Waals surface area contributed by atoms with Crippen molar-refractivity contribution >= 4 is 38.8 Å². The first-order valence-corrected chi connectivity index (χ1v) is 19.0. The summed E-state index contributed by atoms with van der Waals surface area (Å²) in [5.74, 6) is -1.26. The second kappa shape index (κ2) is 15.3. The number of carbonyl (C=O) groups is 1. The summed E-state index contributed by atoms with van der Waals surface area (Å²) in [6.07, 6.45) is 2.63. The van der Waals surface area contributed by atoms with Gasteiger partial charge in [0, 0.05) is 6.16 Å². The van der Waals surface area contributed by atoms with Crippen LogP contribution in [0.25, 0.3) is 17.2 Å². The average molecular weight is 659 g/mol. The van der Waals surface area contributed by atoms with Gasteiger partial charge in [-0.2, -0.15) is 0 Å². The van der Waals surface area contributed by atoms with Crippen molar-refractivity contribution in [2.24, 2.45) is 0 Å². The average Bonchev–Trinajstić information content (AvgIpc) is 3.00. The van der Waals surface area contributed by atoms with Crippen LogP contribution in [-0.2, 0) is 18.3 Å². The highest BCUT2D eigenvalue weighted by Gasteiger charge is 2.51. The van der Waals surface area contributed by atoms with Gasteiger partial charge in [0.15, 0.2) is 8.03 Å². The van der Waals surface area contributed by atoms with Crippen LogP contribution in [0.1, 0.15) is 49.4 Å². The predicted octanol–water partition coefficient (Wildman–Crippen LogP) is 8.34. The monoisotopic (exact) mass is 658 g/mol. The summed E-state index contributed by atoms with van der Waals surface area (Å²) < 4.78 is 40.1. The molecule has 0 spiro atoms. The largest absolute Gasteiger partial charge is 0.481 e. The van der Waals surface area contributed by atoms with E-state index in [0.717, 1.165) is 38.2 Å². The fourth-order valence-electron chi connectivity index (χ4n) is 6.09. The van der Waals surface area contributed by atoms with E-state index in [9.17, 15) is 18.9 Å². The Balaban J connectivity index is 1.56. The molecule has 1 unspecified atom stereocenters. The fraction of sp³-hybridized carbons (Fsp3) is 0.289. The summed E-state index contributed by atoms with van der Waals surface area (Å²) in [6.45, 7) is 12.2. The van der Waals surface area contributed by atoms with Crippen LogP contribution in [0.15, 0.2) is 97.1 Å². The van der Waals surface area contributed by atoms with Gasteiger partial charge in [0.1, 0.15) is 5.82 Å². The maximum atomic E-state index is 14.0. The number of halogens is 1. The number of hydrogen-bond donors (Lipinski definition) is 1. The lowest BCUT2D eigenvalue weighted by Crippen LogP contribution is -2.68. The van der Waals surface area contributed by atoms with E-state index in [1.54, 1.807) is 13.0 Å². The van der Waals surface area contributed by atoms with Gasteiger partial charge in [0.05, 0.1) is 19.1 Å². The van der Waals surface area contributed by atoms with E-state index >= 15 is 0 Å². The molecule has 0 radical (unpaired) electrons. The second-order valence-corrected chi connectivity index (χ2v) is 18.5. The molecule has 0 bridgehead atoms. The molecule has 0 heterocycles. The third-order valence-electron chi connectivity index (χ3n) is 8.18. The van der Waals surface area contributed by atoms with Crippen LogP contribution < -0.4 is 10.4 Å². The number of hydrogen-bond acceptors (Lipinski definition) is 4. The number of benzene rings is 4. The zero-order valence-corrected chi connectivity index (χ0v) is 29.5. The maximum Gasteiger partial charge on any atom is 0.305 e. The van der Waals surface area contributed by atoms with Gasteiger partial charge in [-0.25, -0.2) is 4.39 Å². The summed E-state index contributed by atoms with van der Waals surface area (Å²) in [4.78, 5) is 12.0. The van der Waals surface area contributed by atoms with Crippen LogP contribution in [0.3, 0.4) is 0 Å². The maximum absolute atomic E-state index is 14.0. The molecule has 8 heteroatoms. The van der Waals surface area contributed by atoms with Crippen LogP contribution in [-0.4, -0.2) is 38.3 Å². The van der Waals surface area contributed by atoms with Crippen LogP contribution in [0.5, 0.6) is 0 Å². The van der Waals surface area contributed by atoms with Crippen LogP contribution in [0.2, 0.25) is 5.04 Å². The molecule has 5 nitrogen and oxygen atoms in total. The van der Waals surface area contributed by atoms with E-state index in [1.165, 1.54) is 6.07 Å². The Morgan fingerprint density at radius 3 is 2.07 bits per heavy atom. The zero-order chi connectivity index (χ0) is 33.5. The van der Waals surface area contributed by atoms with Gasteiger partial charge < -0.3 is 14.1 Å². The van der Waals surface area contributed by atoms with Crippen LogP contribution in [0.4, 0.5) is 4.39 Å². The Hall–Kier alpha value is -3.61. The van der Waals surface area contributed by atoms with E-state index in [-0.39, 0.29) is 30.0 Å². The highest BCUT2D eigenvalue weighted by molar-refractivity contribution is 7.39. The molecule has 46 heavy (non-hydrogen) atoms. The molecule has 1 N–H and O–H groups in total. The van der Waals surface area contributed by atoms with Crippen LogP contribution >= 0.6 is 8.03 Å². The minimum Gasteiger partial charge on any atom is -0.481 e. The standard InChI is InChI=1S/C38H44FO5PSi/c1-27-22-28(2)34(35(23-27)30-19-20-36(39)29(3)24-30)18-13-21-43-45(42)26-31(25-37(40)41)44-46(38(4,5)6,32-14-9-7-10-15-32)33-16-11-8-12-17-33/h7-20,22-24,31,45H,21,25-26H2,1-6H3,(H,40,41)/b18-13-/t31-/m0/s1. The van der Waals surface area contributed by atoms with Gasteiger partial charge in [-0.1, -0.05) is 117 Å². The molecule has 0 aliphatic carbocycles. The summed E-state index contributed by atoms with van der Waals surface area (Å²) in [6, 6.07) is 29.2. The van der Waals surface area contributed by atoms with Crippen molar-refractivity contribution in [1.82, 2.24) is 0 Å². The Morgan fingerprint density at radius 1 is 0.913 bits per heavy atom. The summed E-state index contributed by atoms with van der Waals surface area (Å²) in [5, 5.41) is 11.5. The minimum atomic E-state index is -3.06. The highest BCUT2D eigenvalue weighted by Crippen LogP contribution is 2.39. The molecule has 0 aliphatic rings. The number of aryl methyl sites for hydroxylation is 3. The lowest BCUT2D eigenvalue weighted by atomic mass is 9.92. The third-order valence-corrected chi connectivity index (χ3v) is 14.6. The van der Waals surface area contributed by atoms with Crippen molar-refractivity contribution in [2.45, 2.75) is 59.1 Å². The van der Waals surface area contributed by atoms with Gasteiger partial charge in [0.2, 0.25) is 0 Å². The van der Waals surface area contributed by atoms with E-state index in [2.05, 4.69) is 32.9 Å². The Kier molecular flexibility index (Phi) is 11.7. The molecule has 2 atom stereocenters. The Morgan fingerprint density at radius 2 is 1.52 bits per heavy atom. The lowest BCUT2D eigenvalue weighted by Gasteiger charge is -2.45. The molecular formula is C38H44FO5PSi. The quantitative estimate of drug-likeness (QED) is 0.116. The minimum absolute atomic E-state index is 0.0149. The normalized spacial score (nSPS) is 13.5. The fourth-order valence-corrected chi connectivity index (χ4v) is 11.9. The van der Waals surface area contributed by atoms with E-state index in [0.29, 0.717) is 5.56 Å². The molecule has 0 saturated heterocycles. The SMILES string of the molecule is Cc1cc(C)c(/C=C\CO[PH](=O)C[C@H](CC(=O)O)O[Si](c2ccccc2)(c2ccccc2)C(C)(C)C)c(-c2ccc(F)c(C)c2)c1. The lowest BCUT2D eigenvalue weighted by molar-refractivity contribution is -0.138. The van der Waals surface area contributed by atoms with Gasteiger partial charge in [-0.05, 0) is 76.1 Å². The molecule has 242 valence electrons. The van der Waals surface area contributed by atoms with E-state index in [4.69, 9.17) is 8.95 Å². The molecule has 0 aliphatic heterocycles. The summed E-state index contributed by atoms with van der Waals surface area (Å²) in [5.41, 5.74) is 5.59. The zero-order valence-electron chi connectivity index (χ0n) is 27.5. The summed E-state index contributed by atoms with van der Waals surface area (Å²) >= 11 is 0. The topological polar surface area (TPSA) is 72.8 Å². The van der Waals surface area contributed by atoms with Gasteiger partial charge in [-0.3, -0.25) is 9.36 Å². The first kappa shape index (κ1) is 35.2. The molecule has 0 amide bonds. The highest BCUT2D eigenvalue weighted by atomic mass is 31.1. The van der Waals surface area contributed by atoms with Crippen molar-refractivity contribution in [3.63, 3.8) is 0 Å². The van der Waals surface area contributed by atoms with Crippen molar-refractivity contribution in [1.29, 1.82) is 0 Å². The van der Waals surface area contributed by atoms with E-state index < -0.39 is 28.4 Å². The molecule has 0 aromatic heterocycles. The molecule has 4 aromatic rings. The number of carboxylic acids is 1. The molecule has 4 aromatic carbocycles. The number of aliphatic carboxylic acids is 1. The van der Waals surface area contributed by atoms with Gasteiger partial charge >= 0.3 is 5.97 Å². The Labute approximate surface area is 274 Å². The van der Waals surface area contributed by atoms with Gasteiger partial charge in [-0.15, -0.1) is 0 Å². The van der Waals surface area contributed by atoms with Crippen molar-refractivity contribution < 1.29 is 27.8 Å². The van der Waals surface area contributed by atoms with Crippen molar-refractivity contribution in [2.75, 3.05) is 12.8 Å². The predicted molar refractivity (Wildman–Crippen MR) is 190 cm³/mol.